The van der Waals surface area contributed by atoms with Crippen molar-refractivity contribution in [1.82, 2.24) is 9.13 Å². The lowest BCUT2D eigenvalue weighted by atomic mass is 9.76. The highest BCUT2D eigenvalue weighted by Gasteiger charge is 2.44. The van der Waals surface area contributed by atoms with Gasteiger partial charge in [0.25, 0.3) is 0 Å². The SMILES string of the molecule is Cc1cc(C)c2c3c(C)cc(C)cc3n(-c3ccc(C4(c5ccc(-n6c7cc(C)cc(C)c7c7c(C)cc(C)cc76)cc5)CCN(c5ccccc5)CN4c4ccccc4)cc3)c2c1. The van der Waals surface area contributed by atoms with Crippen molar-refractivity contribution in [2.75, 3.05) is 23.0 Å². The van der Waals surface area contributed by atoms with Gasteiger partial charge in [0, 0.05) is 50.8 Å². The van der Waals surface area contributed by atoms with E-state index in [4.69, 9.17) is 0 Å². The minimum Gasteiger partial charge on any atom is -0.354 e. The third kappa shape index (κ3) is 6.18. The summed E-state index contributed by atoms with van der Waals surface area (Å²) in [6.45, 7) is 19.6. The van der Waals surface area contributed by atoms with Gasteiger partial charge in [0.15, 0.2) is 0 Å². The average Bonchev–Trinajstić information content (AvgIpc) is 3.80. The fourth-order valence-electron chi connectivity index (χ4n) is 11.7. The Morgan fingerprint density at radius 3 is 1.06 bits per heavy atom. The Morgan fingerprint density at radius 1 is 0.359 bits per heavy atom. The van der Waals surface area contributed by atoms with Crippen molar-refractivity contribution in [1.29, 1.82) is 0 Å². The number of benzene rings is 8. The molecule has 8 aromatic carbocycles. The number of hydrogen-bond donors (Lipinski definition) is 0. The number of anilines is 2. The molecule has 64 heavy (non-hydrogen) atoms. The Balaban J connectivity index is 1.12. The van der Waals surface area contributed by atoms with Crippen molar-refractivity contribution in [3.63, 3.8) is 0 Å². The van der Waals surface area contributed by atoms with Gasteiger partial charge in [-0.2, -0.15) is 0 Å². The summed E-state index contributed by atoms with van der Waals surface area (Å²) in [6.07, 6.45) is 0.897. The van der Waals surface area contributed by atoms with E-state index < -0.39 is 5.54 Å². The smallest absolute Gasteiger partial charge is 0.0940 e. The maximum Gasteiger partial charge on any atom is 0.0940 e. The van der Waals surface area contributed by atoms with E-state index >= 15 is 0 Å². The Bertz CT molecular complexity index is 3110. The number of fused-ring (bicyclic) bond motifs is 6. The molecular formula is C60H56N4. The van der Waals surface area contributed by atoms with E-state index in [1.54, 1.807) is 0 Å². The fourth-order valence-corrected chi connectivity index (χ4v) is 11.7. The molecule has 4 heteroatoms. The molecule has 3 heterocycles. The molecule has 0 unspecified atom stereocenters. The van der Waals surface area contributed by atoms with Crippen LogP contribution >= 0.6 is 0 Å². The fraction of sp³-hybridized carbons (Fsp3) is 0.200. The molecule has 0 atom stereocenters. The number of hydrogen-bond acceptors (Lipinski definition) is 2. The minimum atomic E-state index is -0.466. The van der Waals surface area contributed by atoms with Crippen LogP contribution in [0.3, 0.4) is 0 Å². The van der Waals surface area contributed by atoms with E-state index in [1.165, 1.54) is 122 Å². The summed E-state index contributed by atoms with van der Waals surface area (Å²) < 4.78 is 5.00. The molecule has 1 saturated heterocycles. The van der Waals surface area contributed by atoms with E-state index in [0.717, 1.165) is 19.6 Å². The zero-order valence-electron chi connectivity index (χ0n) is 38.4. The van der Waals surface area contributed by atoms with Gasteiger partial charge in [0.05, 0.1) is 34.3 Å². The van der Waals surface area contributed by atoms with Crippen molar-refractivity contribution in [3.05, 3.63) is 213 Å². The monoisotopic (exact) mass is 832 g/mol. The zero-order valence-corrected chi connectivity index (χ0v) is 38.4. The molecule has 1 aliphatic rings. The van der Waals surface area contributed by atoms with E-state index in [9.17, 15) is 0 Å². The van der Waals surface area contributed by atoms with Crippen molar-refractivity contribution in [3.8, 4) is 11.4 Å². The molecule has 1 fully saturated rings. The normalized spacial score (nSPS) is 14.1. The van der Waals surface area contributed by atoms with E-state index in [-0.39, 0.29) is 0 Å². The second-order valence-electron chi connectivity index (χ2n) is 18.8. The van der Waals surface area contributed by atoms with Crippen LogP contribution in [-0.2, 0) is 5.54 Å². The Hall–Kier alpha value is -7.04. The first-order valence-electron chi connectivity index (χ1n) is 22.9. The summed E-state index contributed by atoms with van der Waals surface area (Å²) in [6, 6.07) is 59.9. The molecule has 2 aromatic heterocycles. The number of rotatable bonds is 6. The van der Waals surface area contributed by atoms with Gasteiger partial charge in [0.2, 0.25) is 0 Å². The summed E-state index contributed by atoms with van der Waals surface area (Å²) in [7, 11) is 0. The molecule has 10 aromatic rings. The zero-order chi connectivity index (χ0) is 44.0. The van der Waals surface area contributed by atoms with Crippen molar-refractivity contribution in [2.24, 2.45) is 0 Å². The second-order valence-corrected chi connectivity index (χ2v) is 18.8. The van der Waals surface area contributed by atoms with Crippen LogP contribution in [0.2, 0.25) is 0 Å². The number of aryl methyl sites for hydroxylation is 8. The topological polar surface area (TPSA) is 16.3 Å². The van der Waals surface area contributed by atoms with Crippen LogP contribution in [0.15, 0.2) is 158 Å². The van der Waals surface area contributed by atoms with Crippen LogP contribution in [0.1, 0.15) is 62.1 Å². The highest BCUT2D eigenvalue weighted by molar-refractivity contribution is 6.14. The number of nitrogens with zero attached hydrogens (tertiary/aromatic N) is 4. The lowest BCUT2D eigenvalue weighted by molar-refractivity contribution is 0.393. The van der Waals surface area contributed by atoms with Gasteiger partial charge in [-0.15, -0.1) is 0 Å². The van der Waals surface area contributed by atoms with Gasteiger partial charge in [-0.25, -0.2) is 0 Å². The first-order valence-corrected chi connectivity index (χ1v) is 22.9. The Labute approximate surface area is 377 Å². The first kappa shape index (κ1) is 39.8. The van der Waals surface area contributed by atoms with E-state index in [0.29, 0.717) is 0 Å². The van der Waals surface area contributed by atoms with Crippen LogP contribution in [0.25, 0.3) is 55.0 Å². The molecule has 1 aliphatic heterocycles. The van der Waals surface area contributed by atoms with Crippen molar-refractivity contribution in [2.45, 2.75) is 67.3 Å². The molecule has 0 radical (unpaired) electrons. The maximum atomic E-state index is 2.66. The summed E-state index contributed by atoms with van der Waals surface area (Å²) >= 11 is 0. The van der Waals surface area contributed by atoms with Gasteiger partial charge in [0.1, 0.15) is 0 Å². The second kappa shape index (κ2) is 15.1. The molecule has 0 amide bonds. The number of aromatic nitrogens is 2. The van der Waals surface area contributed by atoms with Crippen LogP contribution in [0, 0.1) is 55.4 Å². The first-order chi connectivity index (χ1) is 31.0. The molecule has 0 N–H and O–H groups in total. The number of para-hydroxylation sites is 2. The van der Waals surface area contributed by atoms with Crippen LogP contribution < -0.4 is 9.80 Å². The third-order valence-electron chi connectivity index (χ3n) is 14.2. The molecule has 0 aliphatic carbocycles. The molecule has 0 bridgehead atoms. The Morgan fingerprint density at radius 2 is 0.703 bits per heavy atom. The summed E-state index contributed by atoms with van der Waals surface area (Å²) in [5.41, 5.74) is 22.4. The third-order valence-corrected chi connectivity index (χ3v) is 14.2. The summed E-state index contributed by atoms with van der Waals surface area (Å²) in [5.74, 6) is 0. The van der Waals surface area contributed by atoms with Crippen LogP contribution in [0.4, 0.5) is 11.4 Å². The summed E-state index contributed by atoms with van der Waals surface area (Å²) in [4.78, 5) is 5.20. The highest BCUT2D eigenvalue weighted by atomic mass is 15.4. The van der Waals surface area contributed by atoms with Crippen molar-refractivity contribution < 1.29 is 0 Å². The molecule has 0 saturated carbocycles. The van der Waals surface area contributed by atoms with Crippen LogP contribution in [-0.4, -0.2) is 22.3 Å². The lowest BCUT2D eigenvalue weighted by Crippen LogP contribution is -2.58. The van der Waals surface area contributed by atoms with Gasteiger partial charge in [-0.3, -0.25) is 0 Å². The van der Waals surface area contributed by atoms with Gasteiger partial charge in [-0.05, 0) is 190 Å². The van der Waals surface area contributed by atoms with Crippen LogP contribution in [0.5, 0.6) is 0 Å². The summed E-state index contributed by atoms with van der Waals surface area (Å²) in [5, 5.41) is 5.39. The van der Waals surface area contributed by atoms with Gasteiger partial charge >= 0.3 is 0 Å². The standard InChI is InChI=1S/C60H56N4/c1-38-29-42(5)56-52(33-38)63(53-34-39(2)30-43(6)57(53)56)50-23-19-46(20-24-50)60(27-28-61(48-15-11-9-12-16-48)37-62(60)49-17-13-10-14-18-49)47-21-25-51(26-22-47)64-54-35-40(3)31-44(7)58(54)59-45(8)32-41(4)36-55(59)64/h9-26,29-36H,27-28,37H2,1-8H3. The molecular weight excluding hydrogens is 777 g/mol. The maximum absolute atomic E-state index is 2.66. The quantitative estimate of drug-likeness (QED) is 0.166. The Kier molecular flexibility index (Phi) is 9.36. The minimum absolute atomic E-state index is 0.466. The molecule has 4 nitrogen and oxygen atoms in total. The average molecular weight is 833 g/mol. The highest BCUT2D eigenvalue weighted by Crippen LogP contribution is 2.47. The van der Waals surface area contributed by atoms with Gasteiger partial charge < -0.3 is 18.9 Å². The molecule has 0 spiro atoms. The molecule has 316 valence electrons. The van der Waals surface area contributed by atoms with E-state index in [1.807, 2.05) is 0 Å². The predicted molar refractivity (Wildman–Crippen MR) is 272 cm³/mol. The largest absolute Gasteiger partial charge is 0.354 e. The lowest BCUT2D eigenvalue weighted by Gasteiger charge is -2.53. The predicted octanol–water partition coefficient (Wildman–Crippen LogP) is 15.0. The van der Waals surface area contributed by atoms with E-state index in [2.05, 4.69) is 232 Å². The van der Waals surface area contributed by atoms with Gasteiger partial charge in [-0.1, -0.05) is 84.9 Å². The molecule has 11 rings (SSSR count). The van der Waals surface area contributed by atoms with Crippen molar-refractivity contribution >= 4 is 55.0 Å².